The summed E-state index contributed by atoms with van der Waals surface area (Å²) < 4.78 is 26.6. The molecule has 44 heavy (non-hydrogen) atoms. The minimum atomic E-state index is -2.96. The van der Waals surface area contributed by atoms with E-state index in [0.717, 1.165) is 0 Å². The van der Waals surface area contributed by atoms with Crippen molar-refractivity contribution in [3.63, 3.8) is 0 Å². The fourth-order valence-electron chi connectivity index (χ4n) is 5.95. The molecule has 236 valence electrons. The SMILES string of the molecule is O=C(O[C@@H]1O[C@H](CO)[C@H]2OC(=O)c3cc(O)c(O)c4c3[C@H]3[C@@](O)(O4)[C@H](O)C[C@@]3(O)C(=O)O[C@@H]1[C@H]2O)c1cc(O)c(O)c(O)c1. The van der Waals surface area contributed by atoms with Crippen molar-refractivity contribution in [3.8, 4) is 34.5 Å². The fraction of sp³-hybridized carbons (Fsp3) is 0.423. The van der Waals surface area contributed by atoms with Gasteiger partial charge in [0.2, 0.25) is 17.8 Å². The Balaban J connectivity index is 1.45. The molecule has 1 aliphatic carbocycles. The molecule has 2 bridgehead atoms. The second-order valence-corrected chi connectivity index (χ2v) is 10.7. The van der Waals surface area contributed by atoms with E-state index >= 15 is 0 Å². The highest BCUT2D eigenvalue weighted by Crippen LogP contribution is 2.62. The van der Waals surface area contributed by atoms with Crippen molar-refractivity contribution < 1.29 is 89.1 Å². The van der Waals surface area contributed by atoms with Crippen LogP contribution in [0.2, 0.25) is 0 Å². The number of phenols is 5. The smallest absolute Gasteiger partial charge is 0.340 e. The van der Waals surface area contributed by atoms with E-state index in [0.29, 0.717) is 18.2 Å². The van der Waals surface area contributed by atoms with E-state index in [1.165, 1.54) is 0 Å². The van der Waals surface area contributed by atoms with Crippen LogP contribution in [0.4, 0.5) is 0 Å². The molecule has 6 rings (SSSR count). The Morgan fingerprint density at radius 1 is 0.932 bits per heavy atom. The van der Waals surface area contributed by atoms with E-state index in [4.69, 9.17) is 23.7 Å². The van der Waals surface area contributed by atoms with E-state index in [1.807, 2.05) is 0 Å². The summed E-state index contributed by atoms with van der Waals surface area (Å²) in [5, 5.41) is 104. The zero-order chi connectivity index (χ0) is 32.0. The van der Waals surface area contributed by atoms with E-state index in [1.54, 1.807) is 0 Å². The summed E-state index contributed by atoms with van der Waals surface area (Å²) in [5.74, 6) is -15.0. The predicted molar refractivity (Wildman–Crippen MR) is 131 cm³/mol. The van der Waals surface area contributed by atoms with Gasteiger partial charge in [-0.25, -0.2) is 14.4 Å². The van der Waals surface area contributed by atoms with Crippen LogP contribution < -0.4 is 4.74 Å². The second-order valence-electron chi connectivity index (χ2n) is 10.7. The zero-order valence-electron chi connectivity index (χ0n) is 21.9. The van der Waals surface area contributed by atoms with Crippen molar-refractivity contribution in [2.45, 2.75) is 60.5 Å². The maximum Gasteiger partial charge on any atom is 0.340 e. The summed E-state index contributed by atoms with van der Waals surface area (Å²) in [5.41, 5.74) is -4.78. The van der Waals surface area contributed by atoms with Crippen LogP contribution in [0.25, 0.3) is 0 Å². The average molecular weight is 624 g/mol. The molecule has 0 radical (unpaired) electrons. The number of aromatic hydroxyl groups is 5. The molecule has 0 spiro atoms. The van der Waals surface area contributed by atoms with Gasteiger partial charge in [-0.15, -0.1) is 0 Å². The first-order chi connectivity index (χ1) is 20.6. The Labute approximate surface area is 244 Å². The number of carbonyl (C=O) groups is 3. The number of fused-ring (bicyclic) bond motifs is 2. The maximum atomic E-state index is 13.6. The molecule has 9 atom stereocenters. The number of rotatable bonds is 3. The first-order valence-electron chi connectivity index (χ1n) is 12.8. The van der Waals surface area contributed by atoms with Crippen molar-refractivity contribution in [2.75, 3.05) is 6.61 Å². The topological polar surface area (TPSA) is 300 Å². The molecular formula is C26H24O18. The largest absolute Gasteiger partial charge is 0.504 e. The standard InChI is InChI=1S/C26H24O18/c27-5-11-17-16(34)19(23(40-11)43-21(35)6-1-8(28)14(32)9(29)2-6)42-24(37)25(38)4-12(31)26(39)20(25)13-7(22(36)41-17)3-10(30)15(33)18(13)44-26/h1-3,11-12,16-17,19-20,23,27-34,38-39H,4-5H2/t11-,12-,16+,17-,19-,20-,23+,25+,26+/m1/s1. The molecule has 4 aliphatic rings. The van der Waals surface area contributed by atoms with Gasteiger partial charge in [0.05, 0.1) is 23.7 Å². The van der Waals surface area contributed by atoms with Gasteiger partial charge in [-0.3, -0.25) is 0 Å². The maximum absolute atomic E-state index is 13.6. The van der Waals surface area contributed by atoms with Crippen LogP contribution in [-0.2, 0) is 23.7 Å². The summed E-state index contributed by atoms with van der Waals surface area (Å²) in [4.78, 5) is 40.0. The monoisotopic (exact) mass is 624 g/mol. The number of phenolic OH excluding ortho intramolecular Hbond substituents is 5. The van der Waals surface area contributed by atoms with Gasteiger partial charge in [0.25, 0.3) is 0 Å². The minimum Gasteiger partial charge on any atom is -0.504 e. The third-order valence-corrected chi connectivity index (χ3v) is 8.09. The summed E-state index contributed by atoms with van der Waals surface area (Å²) in [6.45, 7) is -0.995. The molecule has 0 unspecified atom stereocenters. The van der Waals surface area contributed by atoms with E-state index in [-0.39, 0.29) is 0 Å². The lowest BCUT2D eigenvalue weighted by atomic mass is 9.81. The van der Waals surface area contributed by atoms with Crippen molar-refractivity contribution in [1.29, 1.82) is 0 Å². The van der Waals surface area contributed by atoms with Crippen molar-refractivity contribution >= 4 is 17.9 Å². The molecule has 3 heterocycles. The molecule has 2 aromatic carbocycles. The first-order valence-corrected chi connectivity index (χ1v) is 12.8. The number of esters is 3. The average Bonchev–Trinajstić information content (AvgIpc) is 3.40. The van der Waals surface area contributed by atoms with Gasteiger partial charge in [0.1, 0.15) is 18.3 Å². The molecule has 18 nitrogen and oxygen atoms in total. The molecule has 3 aliphatic heterocycles. The summed E-state index contributed by atoms with van der Waals surface area (Å²) in [6, 6.07) is 2.05. The Bertz CT molecular complexity index is 1570. The van der Waals surface area contributed by atoms with Crippen LogP contribution in [0.3, 0.4) is 0 Å². The third-order valence-electron chi connectivity index (χ3n) is 8.09. The van der Waals surface area contributed by atoms with Crippen LogP contribution in [-0.4, -0.2) is 124 Å². The van der Waals surface area contributed by atoms with Crippen LogP contribution in [0.1, 0.15) is 38.6 Å². The number of ether oxygens (including phenoxy) is 5. The molecule has 1 saturated heterocycles. The second kappa shape index (κ2) is 9.71. The van der Waals surface area contributed by atoms with Gasteiger partial charge in [0, 0.05) is 12.0 Å². The molecule has 0 aromatic heterocycles. The molecule has 2 fully saturated rings. The fourth-order valence-corrected chi connectivity index (χ4v) is 5.95. The predicted octanol–water partition coefficient (Wildman–Crippen LogP) is -2.74. The van der Waals surface area contributed by atoms with Crippen molar-refractivity contribution in [2.24, 2.45) is 0 Å². The van der Waals surface area contributed by atoms with Gasteiger partial charge in [-0.05, 0) is 18.2 Å². The molecular weight excluding hydrogens is 600 g/mol. The van der Waals surface area contributed by atoms with Crippen LogP contribution in [0.15, 0.2) is 18.2 Å². The Morgan fingerprint density at radius 2 is 1.57 bits per heavy atom. The Kier molecular flexibility index (Phi) is 6.50. The third kappa shape index (κ3) is 4.00. The lowest BCUT2D eigenvalue weighted by Gasteiger charge is -2.42. The van der Waals surface area contributed by atoms with Gasteiger partial charge in [0.15, 0.2) is 46.6 Å². The molecule has 10 N–H and O–H groups in total. The normalized spacial score (nSPS) is 35.5. The minimum absolute atomic E-state index is 0.564. The first kappa shape index (κ1) is 29.5. The van der Waals surface area contributed by atoms with E-state index in [2.05, 4.69) is 0 Å². The van der Waals surface area contributed by atoms with Gasteiger partial charge < -0.3 is 74.7 Å². The molecule has 1 saturated carbocycles. The van der Waals surface area contributed by atoms with Gasteiger partial charge in [-0.2, -0.15) is 0 Å². The summed E-state index contributed by atoms with van der Waals surface area (Å²) >= 11 is 0. The van der Waals surface area contributed by atoms with Crippen LogP contribution in [0, 0.1) is 0 Å². The molecule has 18 heteroatoms. The van der Waals surface area contributed by atoms with Crippen molar-refractivity contribution in [1.82, 2.24) is 0 Å². The number of hydrogen-bond acceptors (Lipinski definition) is 18. The number of aliphatic hydroxyl groups is 5. The van der Waals surface area contributed by atoms with E-state index in [9.17, 15) is 65.4 Å². The highest BCUT2D eigenvalue weighted by Gasteiger charge is 2.73. The summed E-state index contributed by atoms with van der Waals surface area (Å²) in [6.07, 6.45) is -13.0. The quantitative estimate of drug-likeness (QED) is 0.0941. The number of carbonyl (C=O) groups excluding carboxylic acids is 3. The van der Waals surface area contributed by atoms with Crippen molar-refractivity contribution in [3.05, 3.63) is 34.9 Å². The Morgan fingerprint density at radius 3 is 2.20 bits per heavy atom. The van der Waals surface area contributed by atoms with Gasteiger partial charge in [-0.1, -0.05) is 0 Å². The number of hydrogen-bond donors (Lipinski definition) is 10. The lowest BCUT2D eigenvalue weighted by molar-refractivity contribution is -0.292. The Hall–Kier alpha value is -4.59. The van der Waals surface area contributed by atoms with Crippen LogP contribution >= 0.6 is 0 Å². The number of aliphatic hydroxyl groups excluding tert-OH is 3. The van der Waals surface area contributed by atoms with Gasteiger partial charge >= 0.3 is 17.9 Å². The van der Waals surface area contributed by atoms with E-state index < -0.39 is 136 Å². The molecule has 2 aromatic rings. The number of benzene rings is 2. The van der Waals surface area contributed by atoms with Crippen LogP contribution in [0.5, 0.6) is 34.5 Å². The highest BCUT2D eigenvalue weighted by atomic mass is 16.7. The highest BCUT2D eigenvalue weighted by molar-refractivity contribution is 5.96. The lowest BCUT2D eigenvalue weighted by Crippen LogP contribution is -2.62. The molecule has 0 amide bonds. The zero-order valence-corrected chi connectivity index (χ0v) is 21.9. The summed E-state index contributed by atoms with van der Waals surface area (Å²) in [7, 11) is 0.